The normalized spacial score (nSPS) is 16.2. The number of hydrogen-bond acceptors (Lipinski definition) is 8. The van der Waals surface area contributed by atoms with Crippen molar-refractivity contribution in [1.29, 1.82) is 0 Å². The zero-order chi connectivity index (χ0) is 21.4. The van der Waals surface area contributed by atoms with E-state index in [0.717, 1.165) is 4.88 Å². The fourth-order valence-electron chi connectivity index (χ4n) is 3.25. The summed E-state index contributed by atoms with van der Waals surface area (Å²) >= 11 is 2.65. The standard InChI is InChI=1S/C20H15N3O5S2/c1-11-16(19(25)28-2)17(14-4-3-9-29-14)22-18(24)15(30-20(22)21-11)10-12-5-7-13(8-6-12)23(26)27/h3-10,17H,1-2H3/t17-/m1/s1. The summed E-state index contributed by atoms with van der Waals surface area (Å²) in [5, 5.41) is 12.7. The second-order valence-corrected chi connectivity index (χ2v) is 8.43. The maximum Gasteiger partial charge on any atom is 0.338 e. The van der Waals surface area contributed by atoms with Gasteiger partial charge in [0, 0.05) is 17.0 Å². The molecule has 30 heavy (non-hydrogen) atoms. The first-order chi connectivity index (χ1) is 14.4. The van der Waals surface area contributed by atoms with Crippen molar-refractivity contribution in [1.82, 2.24) is 4.57 Å². The van der Waals surface area contributed by atoms with Gasteiger partial charge in [0.1, 0.15) is 6.04 Å². The highest BCUT2D eigenvalue weighted by Crippen LogP contribution is 2.32. The van der Waals surface area contributed by atoms with Crippen LogP contribution in [0.1, 0.15) is 23.4 Å². The first kappa shape index (κ1) is 19.9. The Labute approximate surface area is 177 Å². The summed E-state index contributed by atoms with van der Waals surface area (Å²) in [5.41, 5.74) is 1.18. The van der Waals surface area contributed by atoms with Crippen LogP contribution in [0.5, 0.6) is 0 Å². The summed E-state index contributed by atoms with van der Waals surface area (Å²) in [6, 6.07) is 9.04. The molecular formula is C20H15N3O5S2. The van der Waals surface area contributed by atoms with Crippen molar-refractivity contribution in [3.63, 3.8) is 0 Å². The van der Waals surface area contributed by atoms with Gasteiger partial charge < -0.3 is 4.74 Å². The van der Waals surface area contributed by atoms with Crippen LogP contribution in [0.3, 0.4) is 0 Å². The van der Waals surface area contributed by atoms with Crippen LogP contribution in [0.2, 0.25) is 0 Å². The number of thiophene rings is 1. The maximum absolute atomic E-state index is 13.3. The lowest BCUT2D eigenvalue weighted by Crippen LogP contribution is -2.39. The number of thiazole rings is 1. The predicted molar refractivity (Wildman–Crippen MR) is 113 cm³/mol. The summed E-state index contributed by atoms with van der Waals surface area (Å²) in [4.78, 5) is 41.9. The Hall–Kier alpha value is -3.37. The average Bonchev–Trinajstić information content (AvgIpc) is 3.36. The van der Waals surface area contributed by atoms with Gasteiger partial charge in [0.05, 0.1) is 27.8 Å². The molecule has 0 unspecified atom stereocenters. The van der Waals surface area contributed by atoms with Crippen molar-refractivity contribution in [3.05, 3.63) is 93.3 Å². The molecule has 1 aliphatic heterocycles. The SMILES string of the molecule is COC(=O)C1=C(C)N=c2sc(=Cc3ccc([N+](=O)[O-])cc3)c(=O)n2[C@@H]1c1cccs1. The minimum Gasteiger partial charge on any atom is -0.466 e. The highest BCUT2D eigenvalue weighted by molar-refractivity contribution is 7.10. The van der Waals surface area contributed by atoms with E-state index in [0.29, 0.717) is 26.2 Å². The average molecular weight is 441 g/mol. The molecule has 0 fully saturated rings. The van der Waals surface area contributed by atoms with Crippen LogP contribution in [0, 0.1) is 10.1 Å². The highest BCUT2D eigenvalue weighted by atomic mass is 32.1. The predicted octanol–water partition coefficient (Wildman–Crippen LogP) is 2.38. The van der Waals surface area contributed by atoms with Crippen molar-refractivity contribution in [2.24, 2.45) is 4.99 Å². The minimum absolute atomic E-state index is 0.0235. The molecule has 3 aromatic rings. The van der Waals surface area contributed by atoms with Crippen LogP contribution in [0.15, 0.2) is 62.8 Å². The van der Waals surface area contributed by atoms with Gasteiger partial charge in [0.15, 0.2) is 4.80 Å². The molecule has 0 aliphatic carbocycles. The number of esters is 1. The second-order valence-electron chi connectivity index (χ2n) is 6.44. The smallest absolute Gasteiger partial charge is 0.338 e. The number of aromatic nitrogens is 1. The Bertz CT molecular complexity index is 1350. The highest BCUT2D eigenvalue weighted by Gasteiger charge is 2.33. The van der Waals surface area contributed by atoms with Crippen molar-refractivity contribution in [3.8, 4) is 0 Å². The Balaban J connectivity index is 1.90. The van der Waals surface area contributed by atoms with Gasteiger partial charge in [0.25, 0.3) is 11.2 Å². The number of rotatable bonds is 4. The van der Waals surface area contributed by atoms with Crippen molar-refractivity contribution in [2.45, 2.75) is 13.0 Å². The number of hydrogen-bond donors (Lipinski definition) is 0. The molecule has 10 heteroatoms. The first-order valence-electron chi connectivity index (χ1n) is 8.79. The summed E-state index contributed by atoms with van der Waals surface area (Å²) in [7, 11) is 1.30. The van der Waals surface area contributed by atoms with E-state index >= 15 is 0 Å². The lowest BCUT2D eigenvalue weighted by Gasteiger charge is -2.22. The van der Waals surface area contributed by atoms with Gasteiger partial charge in [-0.1, -0.05) is 17.4 Å². The molecule has 2 aromatic heterocycles. The van der Waals surface area contributed by atoms with Gasteiger partial charge >= 0.3 is 5.97 Å². The number of ether oxygens (including phenoxy) is 1. The van der Waals surface area contributed by atoms with Crippen LogP contribution in [0.4, 0.5) is 5.69 Å². The molecule has 1 atom stereocenters. The van der Waals surface area contributed by atoms with E-state index in [2.05, 4.69) is 4.99 Å². The molecule has 4 rings (SSSR count). The molecule has 0 amide bonds. The molecule has 0 saturated heterocycles. The van der Waals surface area contributed by atoms with E-state index < -0.39 is 16.9 Å². The van der Waals surface area contributed by atoms with Crippen molar-refractivity contribution >= 4 is 40.4 Å². The number of methoxy groups -OCH3 is 1. The van der Waals surface area contributed by atoms with E-state index in [-0.39, 0.29) is 11.2 Å². The summed E-state index contributed by atoms with van der Waals surface area (Å²) < 4.78 is 6.88. The quantitative estimate of drug-likeness (QED) is 0.351. The van der Waals surface area contributed by atoms with Crippen LogP contribution in [0.25, 0.3) is 6.08 Å². The zero-order valence-corrected chi connectivity index (χ0v) is 17.5. The lowest BCUT2D eigenvalue weighted by atomic mass is 10.0. The molecule has 0 saturated carbocycles. The fourth-order valence-corrected chi connectivity index (χ4v) is 5.12. The van der Waals surface area contributed by atoms with Crippen molar-refractivity contribution < 1.29 is 14.5 Å². The van der Waals surface area contributed by atoms with Gasteiger partial charge in [-0.05, 0) is 42.1 Å². The largest absolute Gasteiger partial charge is 0.466 e. The van der Waals surface area contributed by atoms with E-state index in [4.69, 9.17) is 4.74 Å². The van der Waals surface area contributed by atoms with Gasteiger partial charge in [-0.15, -0.1) is 11.3 Å². The number of fused-ring (bicyclic) bond motifs is 1. The van der Waals surface area contributed by atoms with Crippen LogP contribution in [-0.2, 0) is 9.53 Å². The Morgan fingerprint density at radius 2 is 2.03 bits per heavy atom. The number of non-ortho nitro benzene ring substituents is 1. The number of benzene rings is 1. The Kier molecular flexibility index (Phi) is 5.18. The lowest BCUT2D eigenvalue weighted by molar-refractivity contribution is -0.384. The third-order valence-electron chi connectivity index (χ3n) is 4.64. The number of allylic oxidation sites excluding steroid dienone is 1. The summed E-state index contributed by atoms with van der Waals surface area (Å²) in [6.07, 6.45) is 1.66. The van der Waals surface area contributed by atoms with E-state index in [1.54, 1.807) is 25.1 Å². The Morgan fingerprint density at radius 3 is 2.63 bits per heavy atom. The number of nitrogens with zero attached hydrogens (tertiary/aromatic N) is 3. The molecule has 1 aliphatic rings. The monoisotopic (exact) mass is 441 g/mol. The summed E-state index contributed by atoms with van der Waals surface area (Å²) in [6.45, 7) is 1.72. The molecule has 0 radical (unpaired) electrons. The molecule has 0 bridgehead atoms. The number of nitro benzene ring substituents is 1. The summed E-state index contributed by atoms with van der Waals surface area (Å²) in [5.74, 6) is -0.528. The number of carbonyl (C=O) groups is 1. The molecule has 8 nitrogen and oxygen atoms in total. The first-order valence-corrected chi connectivity index (χ1v) is 10.5. The van der Waals surface area contributed by atoms with Crippen LogP contribution in [-0.4, -0.2) is 22.6 Å². The number of carbonyl (C=O) groups excluding carboxylic acids is 1. The van der Waals surface area contributed by atoms with Gasteiger partial charge in [-0.25, -0.2) is 9.79 Å². The Morgan fingerprint density at radius 1 is 1.30 bits per heavy atom. The third kappa shape index (κ3) is 3.40. The topological polar surface area (TPSA) is 104 Å². The molecule has 152 valence electrons. The molecule has 0 N–H and O–H groups in total. The van der Waals surface area contributed by atoms with E-state index in [9.17, 15) is 19.7 Å². The molecule has 3 heterocycles. The zero-order valence-electron chi connectivity index (χ0n) is 15.9. The molecule has 0 spiro atoms. The van der Waals surface area contributed by atoms with Gasteiger partial charge in [-0.2, -0.15) is 0 Å². The van der Waals surface area contributed by atoms with Crippen molar-refractivity contribution in [2.75, 3.05) is 7.11 Å². The fraction of sp³-hybridized carbons (Fsp3) is 0.150. The third-order valence-corrected chi connectivity index (χ3v) is 6.55. The van der Waals surface area contributed by atoms with Gasteiger partial charge in [0.2, 0.25) is 0 Å². The maximum atomic E-state index is 13.3. The second kappa shape index (κ2) is 7.81. The van der Waals surface area contributed by atoms with Crippen LogP contribution >= 0.6 is 22.7 Å². The van der Waals surface area contributed by atoms with E-state index in [1.165, 1.54) is 46.5 Å². The van der Waals surface area contributed by atoms with E-state index in [1.807, 2.05) is 17.5 Å². The van der Waals surface area contributed by atoms with Crippen LogP contribution < -0.4 is 14.9 Å². The number of nitro groups is 1. The van der Waals surface area contributed by atoms with Gasteiger partial charge in [-0.3, -0.25) is 19.5 Å². The minimum atomic E-state index is -0.618. The molecule has 1 aromatic carbocycles. The molecular weight excluding hydrogens is 426 g/mol.